The van der Waals surface area contributed by atoms with E-state index in [1.807, 2.05) is 145 Å². The Bertz CT molecular complexity index is 7990. The number of alkyl halides is 12. The molecule has 5 N–H and O–H groups in total. The van der Waals surface area contributed by atoms with Crippen molar-refractivity contribution in [2.24, 2.45) is 0 Å². The first kappa shape index (κ1) is 95.9. The zero-order valence-corrected chi connectivity index (χ0v) is 76.1. The highest BCUT2D eigenvalue weighted by molar-refractivity contribution is 6.32. The maximum Gasteiger partial charge on any atom is 0.435 e. The average molecular weight is 1950 g/mol. The molecular formula is C100H78ClF12N27O2. The van der Waals surface area contributed by atoms with Crippen molar-refractivity contribution in [3.63, 3.8) is 0 Å². The van der Waals surface area contributed by atoms with Crippen LogP contribution in [0.15, 0.2) is 317 Å². The number of rotatable bonds is 20. The van der Waals surface area contributed by atoms with Gasteiger partial charge in [0.2, 0.25) is 11.9 Å². The molecule has 21 aromatic rings. The fourth-order valence-corrected chi connectivity index (χ4v) is 15.1. The number of anilines is 10. The monoisotopic (exact) mass is 1950 g/mol. The Balaban J connectivity index is 0.000000122. The molecule has 0 radical (unpaired) electrons. The predicted molar refractivity (Wildman–Crippen MR) is 514 cm³/mol. The molecule has 21 rings (SSSR count). The summed E-state index contributed by atoms with van der Waals surface area (Å²) in [6, 6.07) is 72.5. The van der Waals surface area contributed by atoms with Crippen LogP contribution in [0.4, 0.5) is 110 Å². The number of hydrogen-bond acceptors (Lipinski definition) is 23. The molecule has 0 bridgehead atoms. The van der Waals surface area contributed by atoms with Crippen molar-refractivity contribution in [2.45, 2.75) is 65.2 Å². The number of hydrogen-bond donors (Lipinski definition) is 5. The highest BCUT2D eigenvalue weighted by atomic mass is 35.5. The van der Waals surface area contributed by atoms with Crippen molar-refractivity contribution in [1.82, 2.24) is 107 Å². The van der Waals surface area contributed by atoms with Crippen LogP contribution < -0.4 is 36.1 Å². The van der Waals surface area contributed by atoms with E-state index in [9.17, 15) is 52.7 Å². The molecule has 0 saturated carbocycles. The molecule has 0 aliphatic rings. The third-order valence-corrected chi connectivity index (χ3v) is 21.5. The van der Waals surface area contributed by atoms with Gasteiger partial charge < -0.3 is 36.1 Å². The van der Waals surface area contributed by atoms with Gasteiger partial charge in [0.05, 0.1) is 52.1 Å². The van der Waals surface area contributed by atoms with E-state index in [0.29, 0.717) is 75.7 Å². The predicted octanol–water partition coefficient (Wildman–Crippen LogP) is 24.8. The van der Waals surface area contributed by atoms with Gasteiger partial charge in [-0.3, -0.25) is 22.3 Å². The van der Waals surface area contributed by atoms with Gasteiger partial charge in [-0.05, 0) is 232 Å². The third kappa shape index (κ3) is 22.2. The van der Waals surface area contributed by atoms with E-state index in [2.05, 4.69) is 120 Å². The Morgan fingerprint density at radius 1 is 0.359 bits per heavy atom. The Labute approximate surface area is 803 Å². The summed E-state index contributed by atoms with van der Waals surface area (Å²) in [6.45, 7) is 10.5. The van der Waals surface area contributed by atoms with Gasteiger partial charge in [-0.15, -0.1) is 0 Å². The Hall–Kier alpha value is -17.8. The number of para-hydroxylation sites is 4. The molecule has 0 fully saturated rings. The lowest BCUT2D eigenvalue weighted by atomic mass is 10.0. The van der Waals surface area contributed by atoms with E-state index >= 15 is 0 Å². The van der Waals surface area contributed by atoms with Gasteiger partial charge in [-0.25, -0.2) is 69.5 Å². The second kappa shape index (κ2) is 41.3. The van der Waals surface area contributed by atoms with Crippen molar-refractivity contribution in [3.8, 4) is 63.6 Å². The van der Waals surface area contributed by atoms with Crippen molar-refractivity contribution in [3.05, 3.63) is 362 Å². The molecule has 14 aromatic heterocycles. The Kier molecular flexibility index (Phi) is 27.9. The molecule has 0 aliphatic carbocycles. The van der Waals surface area contributed by atoms with E-state index in [-0.39, 0.29) is 51.5 Å². The minimum absolute atomic E-state index is 0.0557. The number of ether oxygens (including phenoxy) is 2. The molecule has 0 atom stereocenters. The van der Waals surface area contributed by atoms with Crippen LogP contribution >= 0.6 is 11.6 Å². The second-order valence-corrected chi connectivity index (χ2v) is 31.6. The first-order valence-electron chi connectivity index (χ1n) is 43.3. The summed E-state index contributed by atoms with van der Waals surface area (Å²) in [5.74, 6) is 6.34. The van der Waals surface area contributed by atoms with E-state index in [0.717, 1.165) is 74.3 Å². The highest BCUT2D eigenvalue weighted by Crippen LogP contribution is 2.42. The molecule has 716 valence electrons. The number of nitrogens with one attached hydrogen (secondary N) is 5. The summed E-state index contributed by atoms with van der Waals surface area (Å²) in [4.78, 5) is 63.2. The van der Waals surface area contributed by atoms with Gasteiger partial charge >= 0.3 is 24.7 Å². The smallest absolute Gasteiger partial charge is 0.435 e. The van der Waals surface area contributed by atoms with E-state index in [1.54, 1.807) is 134 Å². The second-order valence-electron chi connectivity index (χ2n) is 31.2. The molecule has 42 heteroatoms. The zero-order chi connectivity index (χ0) is 99.6. The van der Waals surface area contributed by atoms with Crippen LogP contribution in [0, 0.1) is 13.8 Å². The van der Waals surface area contributed by atoms with Crippen LogP contribution in [0.3, 0.4) is 0 Å². The normalized spacial score (nSPS) is 11.6. The van der Waals surface area contributed by atoms with Crippen LogP contribution in [0.1, 0.15) is 66.5 Å². The van der Waals surface area contributed by atoms with Crippen LogP contribution in [-0.4, -0.2) is 121 Å². The largest absolute Gasteiger partial charge is 0.495 e. The van der Waals surface area contributed by atoms with Gasteiger partial charge in [-0.2, -0.15) is 67.8 Å². The highest BCUT2D eigenvalue weighted by Gasteiger charge is 2.42. The molecule has 142 heavy (non-hydrogen) atoms. The van der Waals surface area contributed by atoms with Gasteiger partial charge in [-0.1, -0.05) is 80.0 Å². The lowest BCUT2D eigenvalue weighted by Crippen LogP contribution is -2.09. The van der Waals surface area contributed by atoms with Gasteiger partial charge in [0.25, 0.3) is 0 Å². The lowest BCUT2D eigenvalue weighted by molar-refractivity contribution is -0.141. The van der Waals surface area contributed by atoms with Crippen LogP contribution in [0.5, 0.6) is 11.5 Å². The molecule has 0 spiro atoms. The van der Waals surface area contributed by atoms with Crippen LogP contribution in [0.25, 0.3) is 91.1 Å². The standard InChI is InChI=1S/C21H14F3N7.C21H18F3N5.C20H16F3N5O.C19H16ClN5O.C19H14F3N5/c22-21(23,24)19-18(30-12-2-1-4-17(30)29-19)20-25-11-9-16(28-20)27-14-5-7-15(8-6-14)31-13-3-10-26-31;1-13(2)14-6-8-15(9-7-14)26-16-10-11-25-20(27-16)18-19(21(22,23)24)28-17-5-3-4-12-29(17)18;1-2-29-14-8-6-13(7-9-14)25-15-10-11-24-19(26-15)17-18(20(21,22)23)27-16-5-3-4-12-28(16)17;1-12-22-15-5-3-4-6-16(15)25(12)19-21-10-9-18(24-19)23-13-7-8-17(26-2)14(20)11-13;1-12-24-15-4-2-3-5-16(15)27(12)18-23-11-10-17(26-18)25-14-8-6-13(7-9-14)19(20,21)22/h1-13H,(H,25,27,28);3-13H,1-2H3,(H,25,26,27);3-12H,2H2,1H3,(H,24,25,26);3-11H,1-2H3,(H,21,23,24);2-11H,1H3,(H,23,25,26). The first-order valence-corrected chi connectivity index (χ1v) is 43.7. The van der Waals surface area contributed by atoms with E-state index in [1.165, 1.54) is 86.3 Å². The van der Waals surface area contributed by atoms with Crippen molar-refractivity contribution >= 4 is 108 Å². The number of aryl methyl sites for hydroxylation is 2. The summed E-state index contributed by atoms with van der Waals surface area (Å²) in [7, 11) is 1.59. The number of halogens is 13. The fraction of sp³-hybridized carbons (Fsp3) is 0.120. The zero-order valence-electron chi connectivity index (χ0n) is 75.4. The topological polar surface area (TPSA) is 313 Å². The summed E-state index contributed by atoms with van der Waals surface area (Å²) < 4.78 is 180. The van der Waals surface area contributed by atoms with Gasteiger partial charge in [0, 0.05) is 90.4 Å². The van der Waals surface area contributed by atoms with Crippen LogP contribution in [-0.2, 0) is 24.7 Å². The number of fused-ring (bicyclic) bond motifs is 5. The van der Waals surface area contributed by atoms with Crippen molar-refractivity contribution in [2.75, 3.05) is 40.3 Å². The molecule has 7 aromatic carbocycles. The van der Waals surface area contributed by atoms with E-state index in [4.69, 9.17) is 21.1 Å². The molecule has 29 nitrogen and oxygen atoms in total. The quantitative estimate of drug-likeness (QED) is 0.0443. The summed E-state index contributed by atoms with van der Waals surface area (Å²) >= 11 is 6.18. The van der Waals surface area contributed by atoms with Crippen LogP contribution in [0.2, 0.25) is 5.02 Å². The molecular weight excluding hydrogens is 1870 g/mol. The minimum atomic E-state index is -4.64. The van der Waals surface area contributed by atoms with Crippen molar-refractivity contribution < 1.29 is 62.2 Å². The summed E-state index contributed by atoms with van der Waals surface area (Å²) in [6.07, 6.45) is -2.69. The maximum atomic E-state index is 13.6. The number of methoxy groups -OCH3 is 1. The minimum Gasteiger partial charge on any atom is -0.495 e. The average Bonchev–Trinajstić information content (AvgIpc) is 1.62. The molecule has 0 aliphatic heterocycles. The van der Waals surface area contributed by atoms with E-state index < -0.39 is 47.4 Å². The number of nitrogens with zero attached hydrogens (tertiary/aromatic N) is 22. The molecule has 0 amide bonds. The Morgan fingerprint density at radius 2 is 0.725 bits per heavy atom. The first-order chi connectivity index (χ1) is 68.3. The van der Waals surface area contributed by atoms with Crippen molar-refractivity contribution in [1.29, 1.82) is 0 Å². The number of benzene rings is 7. The third-order valence-electron chi connectivity index (χ3n) is 21.2. The van der Waals surface area contributed by atoms with Gasteiger partial charge in [0.1, 0.15) is 86.3 Å². The summed E-state index contributed by atoms with van der Waals surface area (Å²) in [5.41, 5.74) is 5.34. The molecule has 0 saturated heterocycles. The lowest BCUT2D eigenvalue weighted by Gasteiger charge is -2.10. The number of aromatic nitrogens is 22. The summed E-state index contributed by atoms with van der Waals surface area (Å²) in [5, 5.41) is 20.2. The molecule has 14 heterocycles. The SMILES string of the molecule is CC(C)c1ccc(Nc2ccnc(-c3c(C(F)(F)F)nc4ccccn34)n2)cc1.CCOc1ccc(Nc2ccnc(-c3c(C(F)(F)F)nc4ccccn34)n2)cc1.COc1ccc(Nc2ccnc(-n3c(C)nc4ccccc43)n2)cc1Cl.Cc1nc2ccccc2n1-c1nccc(Nc2ccc(C(F)(F)F)cc2)n1.FC(F)(F)c1nc2ccccn2c1-c1nccc(Nc2ccc(-n3cccn3)cc2)n1. The maximum absolute atomic E-state index is 13.6. The van der Waals surface area contributed by atoms with Gasteiger partial charge in [0.15, 0.2) is 34.6 Å². The fourth-order valence-electron chi connectivity index (χ4n) is 14.8. The Morgan fingerprint density at radius 3 is 1.10 bits per heavy atom. The molecule has 0 unspecified atom stereocenters. The number of pyridine rings is 3. The number of imidazole rings is 5.